The molecule has 2 aromatic heterocycles. The SMILES string of the molecule is COc1ccc(C(OC[C@H]2O[C@@H](n3cc(/C=C/C(=O)NCCCCCCNC(=O)CCCOc4ccc5c(c4)[nH]c4ccccc45)c(=O)[nH]c3=O)C[C@@]2(O)P(OCCC#N)N(C(C)C)C(C)C)(c2ccccc2)c2ccc(OC)cc2)cc1. The standard InChI is InChI=1S/C64H76N7O11P/c1-44(2)71(45(3)4)83(81-39-17-35-65)63(76)41-60(82-57(63)43-80-64(47-18-10-9-11-19-47,48-24-28-50(77-5)29-25-48)49-26-30-51(78-6)31-27-49)70-42-46(61(74)69-62(70)75)23-34-59(73)67-37-15-8-7-14-36-66-58(72)22-16-38-79-52-32-33-54-53-20-12-13-21-55(53)68-56(54)40-52/h9-13,18-21,23-34,40,42,44-45,57,60,68,76H,7-8,14-17,22,36-39,41,43H2,1-6H3,(H,66,72)(H,67,73)(H,69,74,75)/b34-23+/t57-,60-,63-,83?/m1/s1. The Balaban J connectivity index is 0.911. The van der Waals surface area contributed by atoms with Gasteiger partial charge in [-0.1, -0.05) is 85.6 Å². The third-order valence-electron chi connectivity index (χ3n) is 14.7. The smallest absolute Gasteiger partial charge is 0.330 e. The summed E-state index contributed by atoms with van der Waals surface area (Å²) < 4.78 is 41.1. The summed E-state index contributed by atoms with van der Waals surface area (Å²) >= 11 is 0. The van der Waals surface area contributed by atoms with Crippen LogP contribution in [-0.4, -0.2) is 107 Å². The number of aromatic amines is 2. The molecule has 438 valence electrons. The van der Waals surface area contributed by atoms with Crippen molar-refractivity contribution in [3.63, 3.8) is 0 Å². The van der Waals surface area contributed by atoms with Crippen LogP contribution in [0.5, 0.6) is 17.2 Å². The van der Waals surface area contributed by atoms with Gasteiger partial charge in [0.25, 0.3) is 5.56 Å². The molecule has 8 rings (SSSR count). The Labute approximate surface area is 485 Å². The Morgan fingerprint density at radius 2 is 1.41 bits per heavy atom. The average Bonchev–Trinajstić information content (AvgIpc) is 3.54. The van der Waals surface area contributed by atoms with Crippen LogP contribution in [0.15, 0.2) is 143 Å². The van der Waals surface area contributed by atoms with E-state index >= 15 is 0 Å². The number of nitrogens with zero attached hydrogens (tertiary/aromatic N) is 3. The normalized spacial score (nSPS) is 16.7. The number of carbonyl (C=O) groups is 2. The predicted molar refractivity (Wildman–Crippen MR) is 322 cm³/mol. The van der Waals surface area contributed by atoms with Gasteiger partial charge in [-0.2, -0.15) is 5.26 Å². The summed E-state index contributed by atoms with van der Waals surface area (Å²) in [5.41, 5.74) is 1.52. The second-order valence-corrected chi connectivity index (χ2v) is 23.1. The molecular weight excluding hydrogens is 1070 g/mol. The number of rotatable bonds is 30. The lowest BCUT2D eigenvalue weighted by atomic mass is 9.80. The number of methoxy groups -OCH3 is 2. The van der Waals surface area contributed by atoms with Gasteiger partial charge in [0.05, 0.1) is 57.6 Å². The lowest BCUT2D eigenvalue weighted by molar-refractivity contribution is -0.121. The van der Waals surface area contributed by atoms with Crippen LogP contribution in [0.2, 0.25) is 0 Å². The number of amides is 2. The van der Waals surface area contributed by atoms with Crippen molar-refractivity contribution in [2.45, 2.75) is 114 Å². The fourth-order valence-corrected chi connectivity index (χ4v) is 13.2. The molecule has 0 bridgehead atoms. The molecule has 0 spiro atoms. The number of nitriles is 1. The van der Waals surface area contributed by atoms with Crippen molar-refractivity contribution in [1.82, 2.24) is 29.8 Å². The zero-order chi connectivity index (χ0) is 58.9. The third kappa shape index (κ3) is 15.0. The maximum atomic E-state index is 13.9. The van der Waals surface area contributed by atoms with Crippen LogP contribution in [0.4, 0.5) is 0 Å². The van der Waals surface area contributed by atoms with Gasteiger partial charge in [-0.3, -0.25) is 28.6 Å². The van der Waals surface area contributed by atoms with E-state index in [1.165, 1.54) is 28.3 Å². The summed E-state index contributed by atoms with van der Waals surface area (Å²) in [7, 11) is 1.17. The second-order valence-electron chi connectivity index (χ2n) is 21.0. The number of unbranched alkanes of at least 4 members (excludes halogenated alkanes) is 3. The topological polar surface area (TPSA) is 231 Å². The number of aliphatic hydroxyl groups is 1. The molecule has 1 fully saturated rings. The molecule has 0 radical (unpaired) electrons. The van der Waals surface area contributed by atoms with Gasteiger partial charge in [0.15, 0.2) is 5.34 Å². The van der Waals surface area contributed by atoms with Crippen molar-refractivity contribution >= 4 is 48.0 Å². The Kier molecular flexibility index (Phi) is 21.5. The Morgan fingerprint density at radius 3 is 2.06 bits per heavy atom. The molecule has 0 aliphatic carbocycles. The number of benzene rings is 5. The first kappa shape index (κ1) is 61.5. The lowest BCUT2D eigenvalue weighted by Gasteiger charge is -2.46. The molecule has 7 aromatic rings. The van der Waals surface area contributed by atoms with Crippen molar-refractivity contribution < 1.29 is 42.9 Å². The van der Waals surface area contributed by atoms with Crippen molar-refractivity contribution in [3.8, 4) is 23.3 Å². The highest BCUT2D eigenvalue weighted by Crippen LogP contribution is 2.62. The first-order chi connectivity index (χ1) is 40.2. The summed E-state index contributed by atoms with van der Waals surface area (Å²) in [6.45, 7) is 9.14. The zero-order valence-electron chi connectivity index (χ0n) is 48.1. The van der Waals surface area contributed by atoms with E-state index in [-0.39, 0.29) is 49.6 Å². The summed E-state index contributed by atoms with van der Waals surface area (Å²) in [6.07, 6.45) is 5.57. The van der Waals surface area contributed by atoms with Crippen LogP contribution in [0.1, 0.15) is 108 Å². The van der Waals surface area contributed by atoms with Crippen molar-refractivity contribution in [2.24, 2.45) is 0 Å². The van der Waals surface area contributed by atoms with Crippen LogP contribution in [0, 0.1) is 11.3 Å². The molecule has 83 heavy (non-hydrogen) atoms. The first-order valence-electron chi connectivity index (χ1n) is 28.3. The van der Waals surface area contributed by atoms with Gasteiger partial charge in [-0.15, -0.1) is 0 Å². The molecule has 4 atom stereocenters. The second kappa shape index (κ2) is 29.1. The molecule has 3 heterocycles. The van der Waals surface area contributed by atoms with Gasteiger partial charge in [0.1, 0.15) is 43.5 Å². The minimum Gasteiger partial charge on any atom is -0.497 e. The highest BCUT2D eigenvalue weighted by atomic mass is 31.2. The van der Waals surface area contributed by atoms with Gasteiger partial charge in [-0.05, 0) is 112 Å². The molecule has 5 N–H and O–H groups in total. The number of nitrogens with one attached hydrogen (secondary N) is 4. The number of carbonyl (C=O) groups excluding carboxylic acids is 2. The van der Waals surface area contributed by atoms with Gasteiger partial charge < -0.3 is 48.9 Å². The van der Waals surface area contributed by atoms with Crippen LogP contribution in [-0.2, 0) is 29.2 Å². The Hall–Kier alpha value is -7.62. The van der Waals surface area contributed by atoms with E-state index < -0.39 is 48.7 Å². The highest BCUT2D eigenvalue weighted by molar-refractivity contribution is 7.51. The number of fused-ring (bicyclic) bond motifs is 3. The number of aromatic nitrogens is 3. The fourth-order valence-electron chi connectivity index (χ4n) is 10.7. The molecule has 1 aliphatic rings. The van der Waals surface area contributed by atoms with Crippen molar-refractivity contribution in [2.75, 3.05) is 47.1 Å². The van der Waals surface area contributed by atoms with Crippen LogP contribution >= 0.6 is 8.30 Å². The first-order valence-corrected chi connectivity index (χ1v) is 29.6. The monoisotopic (exact) mass is 1150 g/mol. The minimum atomic E-state index is -2.02. The molecule has 18 nitrogen and oxygen atoms in total. The van der Waals surface area contributed by atoms with E-state index in [1.807, 2.05) is 137 Å². The van der Waals surface area contributed by atoms with E-state index in [0.29, 0.717) is 50.5 Å². The molecule has 19 heteroatoms. The van der Waals surface area contributed by atoms with E-state index in [0.717, 1.165) is 58.1 Å². The van der Waals surface area contributed by atoms with Crippen LogP contribution in [0.3, 0.4) is 0 Å². The number of hydrogen-bond donors (Lipinski definition) is 5. The number of para-hydroxylation sites is 1. The summed E-state index contributed by atoms with van der Waals surface area (Å²) in [5.74, 6) is 1.58. The van der Waals surface area contributed by atoms with Crippen LogP contribution in [0.25, 0.3) is 27.9 Å². The van der Waals surface area contributed by atoms with E-state index in [1.54, 1.807) is 14.2 Å². The van der Waals surface area contributed by atoms with Gasteiger partial charge in [-0.25, -0.2) is 4.79 Å². The largest absolute Gasteiger partial charge is 0.497 e. The van der Waals surface area contributed by atoms with Gasteiger partial charge in [0.2, 0.25) is 11.8 Å². The number of ether oxygens (including phenoxy) is 5. The van der Waals surface area contributed by atoms with Crippen molar-refractivity contribution in [1.29, 1.82) is 5.26 Å². The molecule has 0 saturated carbocycles. The molecule has 1 aliphatic heterocycles. The van der Waals surface area contributed by atoms with E-state index in [9.17, 15) is 29.5 Å². The average molecular weight is 1150 g/mol. The number of hydrogen-bond acceptors (Lipinski definition) is 13. The fraction of sp³-hybridized carbons (Fsp3) is 0.391. The molecule has 1 unspecified atom stereocenters. The van der Waals surface area contributed by atoms with E-state index in [4.69, 9.17) is 28.2 Å². The summed E-state index contributed by atoms with van der Waals surface area (Å²) in [6, 6.07) is 40.8. The number of H-pyrrole nitrogens is 2. The Bertz CT molecular complexity index is 3390. The Morgan fingerprint density at radius 1 is 0.795 bits per heavy atom. The van der Waals surface area contributed by atoms with Crippen LogP contribution < -0.4 is 36.1 Å². The molecule has 5 aromatic carbocycles. The maximum Gasteiger partial charge on any atom is 0.330 e. The van der Waals surface area contributed by atoms with Crippen molar-refractivity contribution in [3.05, 3.63) is 177 Å². The minimum absolute atomic E-state index is 0.00468. The van der Waals surface area contributed by atoms with Gasteiger partial charge in [0, 0.05) is 72.6 Å². The maximum absolute atomic E-state index is 13.9. The highest BCUT2D eigenvalue weighted by Gasteiger charge is 2.58. The molecular formula is C64H76N7O11P. The lowest BCUT2D eigenvalue weighted by Crippen LogP contribution is -2.48. The summed E-state index contributed by atoms with van der Waals surface area (Å²) in [4.78, 5) is 58.6. The molecule has 1 saturated heterocycles. The quantitative estimate of drug-likeness (QED) is 0.0122. The van der Waals surface area contributed by atoms with E-state index in [2.05, 4.69) is 43.5 Å². The molecule has 2 amide bonds. The van der Waals surface area contributed by atoms with Gasteiger partial charge >= 0.3 is 5.69 Å². The predicted octanol–water partition coefficient (Wildman–Crippen LogP) is 10.2. The zero-order valence-corrected chi connectivity index (χ0v) is 49.0. The third-order valence-corrected chi connectivity index (χ3v) is 17.6. The summed E-state index contributed by atoms with van der Waals surface area (Å²) in [5, 5.41) is 29.4.